The number of nitrogen functional groups attached to an aromatic ring is 1. The van der Waals surface area contributed by atoms with Gasteiger partial charge in [-0.2, -0.15) is 0 Å². The van der Waals surface area contributed by atoms with Crippen molar-refractivity contribution in [3.8, 4) is 21.9 Å². The van der Waals surface area contributed by atoms with Crippen LogP contribution in [0.25, 0.3) is 10.4 Å². The van der Waals surface area contributed by atoms with E-state index < -0.39 is 23.1 Å². The number of thiazole rings is 1. The zero-order chi connectivity index (χ0) is 25.3. The number of carbonyl (C=O) groups excluding carboxylic acids is 3. The van der Waals surface area contributed by atoms with E-state index in [1.165, 1.54) is 25.6 Å². The van der Waals surface area contributed by atoms with E-state index in [-0.39, 0.29) is 5.69 Å². The molecule has 9 nitrogen and oxygen atoms in total. The molecule has 2 N–H and O–H groups in total. The fraction of sp³-hybridized carbons (Fsp3) is 0.217. The number of Topliss-reactive ketones (excluding diaryl/α,β-unsaturated/α-hetero) is 1. The number of aromatic nitrogens is 1. The predicted octanol–water partition coefficient (Wildman–Crippen LogP) is 3.90. The Morgan fingerprint density at radius 1 is 0.941 bits per heavy atom. The highest BCUT2D eigenvalue weighted by Crippen LogP contribution is 2.33. The molecule has 0 saturated heterocycles. The number of ether oxygens (including phenoxy) is 4. The maximum atomic E-state index is 11.6. The first kappa shape index (κ1) is 26.6. The van der Waals surface area contributed by atoms with Gasteiger partial charge in [0.2, 0.25) is 0 Å². The van der Waals surface area contributed by atoms with E-state index in [1.807, 2.05) is 24.3 Å². The van der Waals surface area contributed by atoms with E-state index in [4.69, 9.17) is 26.8 Å². The number of ketones is 1. The van der Waals surface area contributed by atoms with Gasteiger partial charge in [-0.15, -0.1) is 11.6 Å². The second-order valence-corrected chi connectivity index (χ2v) is 7.92. The molecule has 1 unspecified atom stereocenters. The highest BCUT2D eigenvalue weighted by atomic mass is 35.5. The summed E-state index contributed by atoms with van der Waals surface area (Å²) in [5.41, 5.74) is 7.20. The van der Waals surface area contributed by atoms with Crippen LogP contribution in [-0.2, 0) is 19.1 Å². The van der Waals surface area contributed by atoms with Crippen molar-refractivity contribution in [3.63, 3.8) is 0 Å². The fourth-order valence-electron chi connectivity index (χ4n) is 2.69. The van der Waals surface area contributed by atoms with Gasteiger partial charge < -0.3 is 24.7 Å². The Hall–Kier alpha value is -3.63. The van der Waals surface area contributed by atoms with Crippen LogP contribution >= 0.6 is 22.9 Å². The number of nitrogens with two attached hydrogens (primary N) is 1. The summed E-state index contributed by atoms with van der Waals surface area (Å²) in [6.45, 7) is 0. The maximum Gasteiger partial charge on any atom is 0.376 e. The number of anilines is 1. The average Bonchev–Trinajstić information content (AvgIpc) is 3.28. The standard InChI is InChI=1S/C12H12N2O3S.C11H11ClO4/c1-16-8-5-3-4-7(6-8)10-9(11(15)17-2)14-12(13)18-10;1-15-8-5-3-4-7(6-8)9(12)10(13)11(14)16-2/h3-6H,1-2H3,(H2,13,14);3-6,9H,1-2H3. The molecule has 1 heterocycles. The van der Waals surface area contributed by atoms with Crippen molar-refractivity contribution in [2.24, 2.45) is 0 Å². The Kier molecular flexibility index (Phi) is 9.84. The van der Waals surface area contributed by atoms with E-state index in [0.29, 0.717) is 27.1 Å². The molecule has 0 saturated carbocycles. The summed E-state index contributed by atoms with van der Waals surface area (Å²) < 4.78 is 19.1. The van der Waals surface area contributed by atoms with Gasteiger partial charge in [-0.1, -0.05) is 35.6 Å². The van der Waals surface area contributed by atoms with E-state index >= 15 is 0 Å². The van der Waals surface area contributed by atoms with Crippen molar-refractivity contribution in [2.75, 3.05) is 34.2 Å². The van der Waals surface area contributed by atoms with Crippen LogP contribution in [0.3, 0.4) is 0 Å². The molecule has 0 bridgehead atoms. The number of esters is 2. The third-order valence-corrected chi connectivity index (χ3v) is 5.74. The molecule has 0 spiro atoms. The van der Waals surface area contributed by atoms with Gasteiger partial charge in [0.05, 0.1) is 33.3 Å². The molecule has 0 aliphatic heterocycles. The molecule has 1 atom stereocenters. The number of halogens is 1. The van der Waals surface area contributed by atoms with Crippen LogP contribution in [0.15, 0.2) is 48.5 Å². The number of hydrogen-bond acceptors (Lipinski definition) is 10. The average molecular weight is 507 g/mol. The van der Waals surface area contributed by atoms with Crippen molar-refractivity contribution in [3.05, 3.63) is 59.8 Å². The number of rotatable bonds is 7. The molecular formula is C23H23ClN2O7S. The quantitative estimate of drug-likeness (QED) is 0.288. The molecule has 0 aliphatic rings. The van der Waals surface area contributed by atoms with Crippen molar-refractivity contribution in [1.29, 1.82) is 0 Å². The minimum atomic E-state index is -1.05. The molecule has 34 heavy (non-hydrogen) atoms. The summed E-state index contributed by atoms with van der Waals surface area (Å²) in [4.78, 5) is 38.7. The number of benzene rings is 2. The normalized spacial score (nSPS) is 10.9. The lowest BCUT2D eigenvalue weighted by molar-refractivity contribution is -0.151. The first-order valence-electron chi connectivity index (χ1n) is 9.64. The lowest BCUT2D eigenvalue weighted by atomic mass is 10.1. The van der Waals surface area contributed by atoms with Crippen LogP contribution in [0.5, 0.6) is 11.5 Å². The van der Waals surface area contributed by atoms with Crippen LogP contribution in [0.4, 0.5) is 5.13 Å². The largest absolute Gasteiger partial charge is 0.497 e. The molecule has 0 aliphatic carbocycles. The van der Waals surface area contributed by atoms with E-state index in [9.17, 15) is 14.4 Å². The summed E-state index contributed by atoms with van der Waals surface area (Å²) in [5, 5.41) is -0.726. The Bertz CT molecular complexity index is 1170. The number of methoxy groups -OCH3 is 4. The maximum absolute atomic E-state index is 11.6. The third kappa shape index (κ3) is 6.69. The van der Waals surface area contributed by atoms with E-state index in [0.717, 1.165) is 12.7 Å². The van der Waals surface area contributed by atoms with Gasteiger partial charge >= 0.3 is 11.9 Å². The molecule has 3 aromatic rings. The lowest BCUT2D eigenvalue weighted by Gasteiger charge is -2.08. The minimum absolute atomic E-state index is 0.230. The fourth-order valence-corrected chi connectivity index (χ4v) is 3.73. The molecule has 1 aromatic heterocycles. The zero-order valence-corrected chi connectivity index (χ0v) is 20.4. The summed E-state index contributed by atoms with van der Waals surface area (Å²) >= 11 is 7.09. The van der Waals surface area contributed by atoms with Gasteiger partial charge in [-0.25, -0.2) is 14.6 Å². The Labute approximate surface area is 205 Å². The summed E-state index contributed by atoms with van der Waals surface area (Å²) in [7, 11) is 5.54. The lowest BCUT2D eigenvalue weighted by Crippen LogP contribution is -2.20. The second-order valence-electron chi connectivity index (χ2n) is 6.45. The Morgan fingerprint density at radius 2 is 1.56 bits per heavy atom. The molecule has 0 fully saturated rings. The number of nitrogens with zero attached hydrogens (tertiary/aromatic N) is 1. The molecule has 11 heteroatoms. The second kappa shape index (κ2) is 12.6. The highest BCUT2D eigenvalue weighted by molar-refractivity contribution is 7.19. The molecule has 3 rings (SSSR count). The van der Waals surface area contributed by atoms with Crippen LogP contribution in [0.1, 0.15) is 21.4 Å². The van der Waals surface area contributed by atoms with Crippen LogP contribution in [0, 0.1) is 0 Å². The summed E-state index contributed by atoms with van der Waals surface area (Å²) in [5.74, 6) is -0.975. The van der Waals surface area contributed by atoms with Gasteiger partial charge in [0, 0.05) is 0 Å². The zero-order valence-electron chi connectivity index (χ0n) is 18.9. The molecule has 0 radical (unpaired) electrons. The SMILES string of the molecule is COC(=O)C(=O)C(Cl)c1cccc(OC)c1.COC(=O)c1nc(N)sc1-c1cccc(OC)c1. The van der Waals surface area contributed by atoms with Gasteiger partial charge in [0.15, 0.2) is 10.8 Å². The molecule has 180 valence electrons. The van der Waals surface area contributed by atoms with Gasteiger partial charge in [0.1, 0.15) is 16.9 Å². The number of hydrogen-bond donors (Lipinski definition) is 1. The van der Waals surface area contributed by atoms with Crippen LogP contribution in [-0.4, -0.2) is 51.1 Å². The number of carbonyl (C=O) groups is 3. The van der Waals surface area contributed by atoms with Crippen molar-refractivity contribution < 1.29 is 33.3 Å². The van der Waals surface area contributed by atoms with Gasteiger partial charge in [-0.05, 0) is 35.4 Å². The molecule has 0 amide bonds. The molecular weight excluding hydrogens is 484 g/mol. The summed E-state index contributed by atoms with van der Waals surface area (Å²) in [6.07, 6.45) is 0. The highest BCUT2D eigenvalue weighted by Gasteiger charge is 2.25. The van der Waals surface area contributed by atoms with Crippen LogP contribution < -0.4 is 15.2 Å². The number of alkyl halides is 1. The summed E-state index contributed by atoms with van der Waals surface area (Å²) in [6, 6.07) is 14.0. The topological polar surface area (TPSA) is 127 Å². The van der Waals surface area contributed by atoms with Gasteiger partial charge in [0.25, 0.3) is 5.78 Å². The van der Waals surface area contributed by atoms with Crippen molar-refractivity contribution in [1.82, 2.24) is 4.98 Å². The Balaban J connectivity index is 0.000000242. The molecule has 2 aromatic carbocycles. The van der Waals surface area contributed by atoms with Crippen molar-refractivity contribution >= 4 is 45.8 Å². The monoisotopic (exact) mass is 506 g/mol. The predicted molar refractivity (Wildman–Crippen MR) is 128 cm³/mol. The van der Waals surface area contributed by atoms with E-state index in [2.05, 4.69) is 14.5 Å². The third-order valence-electron chi connectivity index (χ3n) is 4.36. The first-order valence-corrected chi connectivity index (χ1v) is 10.9. The van der Waals surface area contributed by atoms with Crippen LogP contribution in [0.2, 0.25) is 0 Å². The smallest absolute Gasteiger partial charge is 0.376 e. The Morgan fingerprint density at radius 3 is 2.15 bits per heavy atom. The van der Waals surface area contributed by atoms with E-state index in [1.54, 1.807) is 31.4 Å². The minimum Gasteiger partial charge on any atom is -0.497 e. The van der Waals surface area contributed by atoms with Crippen molar-refractivity contribution in [2.45, 2.75) is 5.38 Å². The first-order chi connectivity index (χ1) is 16.2. The van der Waals surface area contributed by atoms with Gasteiger partial charge in [-0.3, -0.25) is 4.79 Å².